The molecule has 0 aliphatic carbocycles. The summed E-state index contributed by atoms with van der Waals surface area (Å²) < 4.78 is 4.22. The zero-order valence-corrected chi connectivity index (χ0v) is 12.2. The molecule has 19 heavy (non-hydrogen) atoms. The van der Waals surface area contributed by atoms with Crippen LogP contribution in [0, 0.1) is 5.92 Å². The first-order valence-electron chi connectivity index (χ1n) is 6.80. The molecule has 0 aromatic carbocycles. The van der Waals surface area contributed by atoms with Gasteiger partial charge in [0.2, 0.25) is 0 Å². The second-order valence-corrected chi connectivity index (χ2v) is 5.32. The van der Waals surface area contributed by atoms with Gasteiger partial charge >= 0.3 is 0 Å². The largest absolute Gasteiger partial charge is 0.342 e. The fraction of sp³-hybridized carbons (Fsp3) is 0.571. The van der Waals surface area contributed by atoms with Crippen molar-refractivity contribution < 1.29 is 0 Å². The second-order valence-electron chi connectivity index (χ2n) is 5.32. The molecular weight excluding hydrogens is 238 g/mol. The topological polar surface area (TPSA) is 47.7 Å². The summed E-state index contributed by atoms with van der Waals surface area (Å²) in [5.74, 6) is 1.58. The van der Waals surface area contributed by atoms with Crippen LogP contribution in [-0.4, -0.2) is 26.4 Å². The highest BCUT2D eigenvalue weighted by molar-refractivity contribution is 5.12. The van der Waals surface area contributed by atoms with Crippen LogP contribution in [-0.2, 0) is 13.1 Å². The molecule has 0 fully saturated rings. The molecule has 0 aliphatic rings. The maximum Gasteiger partial charge on any atom is 0.146 e. The normalized spacial score (nSPS) is 13.1. The number of hydrogen-bond acceptors (Lipinski definition) is 3. The predicted octanol–water partition coefficient (Wildman–Crippen LogP) is 2.06. The Bertz CT molecular complexity index is 511. The Morgan fingerprint density at radius 3 is 2.79 bits per heavy atom. The molecule has 0 aliphatic heterocycles. The summed E-state index contributed by atoms with van der Waals surface area (Å²) in [7, 11) is 1.98. The summed E-state index contributed by atoms with van der Waals surface area (Å²) in [4.78, 5) is 4.38. The Morgan fingerprint density at radius 2 is 2.11 bits per heavy atom. The summed E-state index contributed by atoms with van der Waals surface area (Å²) in [6.45, 7) is 8.21. The van der Waals surface area contributed by atoms with E-state index in [-0.39, 0.29) is 0 Å². The third-order valence-corrected chi connectivity index (χ3v) is 3.29. The van der Waals surface area contributed by atoms with E-state index in [0.717, 1.165) is 18.9 Å². The summed E-state index contributed by atoms with van der Waals surface area (Å²) in [5, 5.41) is 7.58. The highest BCUT2D eigenvalue weighted by Gasteiger charge is 2.11. The lowest BCUT2D eigenvalue weighted by Gasteiger charge is -2.15. The van der Waals surface area contributed by atoms with E-state index >= 15 is 0 Å². The average molecular weight is 261 g/mol. The second kappa shape index (κ2) is 6.02. The fourth-order valence-corrected chi connectivity index (χ4v) is 2.17. The van der Waals surface area contributed by atoms with Crippen molar-refractivity contribution in [2.45, 2.75) is 39.9 Å². The molecule has 5 nitrogen and oxygen atoms in total. The van der Waals surface area contributed by atoms with Gasteiger partial charge < -0.3 is 9.88 Å². The summed E-state index contributed by atoms with van der Waals surface area (Å²) in [6, 6.07) is 4.55. The maximum atomic E-state index is 4.38. The van der Waals surface area contributed by atoms with E-state index in [1.165, 1.54) is 5.69 Å². The summed E-state index contributed by atoms with van der Waals surface area (Å²) in [6.07, 6.45) is 3.74. The minimum absolute atomic E-state index is 0.330. The van der Waals surface area contributed by atoms with Gasteiger partial charge in [-0.25, -0.2) is 9.67 Å². The highest BCUT2D eigenvalue weighted by Crippen LogP contribution is 2.14. The van der Waals surface area contributed by atoms with Crippen LogP contribution < -0.4 is 5.32 Å². The van der Waals surface area contributed by atoms with Crippen molar-refractivity contribution in [3.8, 4) is 0 Å². The van der Waals surface area contributed by atoms with Gasteiger partial charge in [0, 0.05) is 24.5 Å². The quantitative estimate of drug-likeness (QED) is 0.866. The van der Waals surface area contributed by atoms with Crippen molar-refractivity contribution in [2.24, 2.45) is 5.92 Å². The lowest BCUT2D eigenvalue weighted by atomic mass is 10.2. The smallest absolute Gasteiger partial charge is 0.146 e. The van der Waals surface area contributed by atoms with Crippen molar-refractivity contribution in [2.75, 3.05) is 7.05 Å². The van der Waals surface area contributed by atoms with Crippen molar-refractivity contribution in [1.82, 2.24) is 24.6 Å². The van der Waals surface area contributed by atoms with Gasteiger partial charge in [0.1, 0.15) is 12.2 Å². The van der Waals surface area contributed by atoms with E-state index in [1.54, 1.807) is 6.33 Å². The number of nitrogens with one attached hydrogen (secondary N) is 1. The molecule has 104 valence electrons. The SMILES string of the molecule is CNC(C)c1cccn1Cc1ncnn1CC(C)C. The van der Waals surface area contributed by atoms with Crippen molar-refractivity contribution in [3.63, 3.8) is 0 Å². The molecule has 1 unspecified atom stereocenters. The first kappa shape index (κ1) is 13.8. The number of rotatable bonds is 6. The highest BCUT2D eigenvalue weighted by atomic mass is 15.3. The molecule has 2 aromatic rings. The van der Waals surface area contributed by atoms with E-state index in [1.807, 2.05) is 11.7 Å². The van der Waals surface area contributed by atoms with E-state index in [4.69, 9.17) is 0 Å². The number of hydrogen-bond donors (Lipinski definition) is 1. The molecule has 0 bridgehead atoms. The molecule has 1 atom stereocenters. The Balaban J connectivity index is 2.18. The van der Waals surface area contributed by atoms with Gasteiger partial charge in [-0.05, 0) is 32.0 Å². The number of nitrogens with zero attached hydrogens (tertiary/aromatic N) is 4. The third kappa shape index (κ3) is 3.23. The molecule has 0 radical (unpaired) electrons. The lowest BCUT2D eigenvalue weighted by Crippen LogP contribution is -2.19. The Kier molecular flexibility index (Phi) is 4.37. The molecule has 0 amide bonds. The number of aromatic nitrogens is 4. The monoisotopic (exact) mass is 261 g/mol. The lowest BCUT2D eigenvalue weighted by molar-refractivity contribution is 0.457. The van der Waals surface area contributed by atoms with Crippen molar-refractivity contribution in [1.29, 1.82) is 0 Å². The summed E-state index contributed by atoms with van der Waals surface area (Å²) >= 11 is 0. The van der Waals surface area contributed by atoms with Crippen molar-refractivity contribution in [3.05, 3.63) is 36.2 Å². The standard InChI is InChI=1S/C14H23N5/c1-11(2)8-19-14(16-10-17-19)9-18-7-5-6-13(18)12(3)15-4/h5-7,10-12,15H,8-9H2,1-4H3. The van der Waals surface area contributed by atoms with Gasteiger partial charge in [-0.3, -0.25) is 0 Å². The first-order valence-corrected chi connectivity index (χ1v) is 6.80. The minimum Gasteiger partial charge on any atom is -0.342 e. The van der Waals surface area contributed by atoms with Crippen LogP contribution >= 0.6 is 0 Å². The predicted molar refractivity (Wildman–Crippen MR) is 75.9 cm³/mol. The van der Waals surface area contributed by atoms with Crippen molar-refractivity contribution >= 4 is 0 Å². The minimum atomic E-state index is 0.330. The zero-order chi connectivity index (χ0) is 13.8. The van der Waals surface area contributed by atoms with Crippen LogP contribution in [0.25, 0.3) is 0 Å². The van der Waals surface area contributed by atoms with Gasteiger partial charge in [-0.15, -0.1) is 0 Å². The van der Waals surface area contributed by atoms with Gasteiger partial charge in [0.25, 0.3) is 0 Å². The van der Waals surface area contributed by atoms with Gasteiger partial charge in [-0.1, -0.05) is 13.8 Å². The molecule has 2 heterocycles. The Morgan fingerprint density at radius 1 is 1.32 bits per heavy atom. The molecule has 2 aromatic heterocycles. The molecule has 0 saturated carbocycles. The average Bonchev–Trinajstić information content (AvgIpc) is 2.98. The van der Waals surface area contributed by atoms with Gasteiger partial charge in [0.05, 0.1) is 6.54 Å². The van der Waals surface area contributed by atoms with Crippen LogP contribution in [0.15, 0.2) is 24.7 Å². The molecular formula is C14H23N5. The van der Waals surface area contributed by atoms with E-state index in [0.29, 0.717) is 12.0 Å². The van der Waals surface area contributed by atoms with Crippen LogP contribution in [0.1, 0.15) is 38.3 Å². The van der Waals surface area contributed by atoms with Gasteiger partial charge in [0.15, 0.2) is 0 Å². The molecule has 5 heteroatoms. The molecule has 0 spiro atoms. The van der Waals surface area contributed by atoms with Crippen LogP contribution in [0.2, 0.25) is 0 Å². The summed E-state index contributed by atoms with van der Waals surface area (Å²) in [5.41, 5.74) is 1.27. The zero-order valence-electron chi connectivity index (χ0n) is 12.2. The van der Waals surface area contributed by atoms with E-state index in [9.17, 15) is 0 Å². The Hall–Kier alpha value is -1.62. The van der Waals surface area contributed by atoms with E-state index in [2.05, 4.69) is 59.1 Å². The van der Waals surface area contributed by atoms with E-state index < -0.39 is 0 Å². The first-order chi connectivity index (χ1) is 9.11. The molecule has 0 saturated heterocycles. The van der Waals surface area contributed by atoms with Crippen LogP contribution in [0.5, 0.6) is 0 Å². The van der Waals surface area contributed by atoms with Crippen LogP contribution in [0.3, 0.4) is 0 Å². The maximum absolute atomic E-state index is 4.38. The van der Waals surface area contributed by atoms with Gasteiger partial charge in [-0.2, -0.15) is 5.10 Å². The molecule has 1 N–H and O–H groups in total. The van der Waals surface area contributed by atoms with Crippen LogP contribution in [0.4, 0.5) is 0 Å². The fourth-order valence-electron chi connectivity index (χ4n) is 2.17. The Labute approximate surface area is 114 Å². The molecule has 2 rings (SSSR count). The third-order valence-electron chi connectivity index (χ3n) is 3.29.